The van der Waals surface area contributed by atoms with E-state index in [1.165, 1.54) is 5.56 Å². The maximum atomic E-state index is 10.3. The average molecular weight is 278 g/mol. The Bertz CT molecular complexity index is 743. The predicted molar refractivity (Wildman–Crippen MR) is 84.8 cm³/mol. The molecule has 1 heterocycles. The zero-order valence-corrected chi connectivity index (χ0v) is 12.2. The summed E-state index contributed by atoms with van der Waals surface area (Å²) in [5.74, 6) is 0.0821. The molecule has 21 heavy (non-hydrogen) atoms. The van der Waals surface area contributed by atoms with Gasteiger partial charge in [-0.2, -0.15) is 0 Å². The molecule has 0 atom stereocenters. The van der Waals surface area contributed by atoms with E-state index in [0.29, 0.717) is 0 Å². The lowest BCUT2D eigenvalue weighted by atomic mass is 10.0. The Kier molecular flexibility index (Phi) is 3.48. The number of hydrogen-bond acceptors (Lipinski definition) is 2. The van der Waals surface area contributed by atoms with Crippen LogP contribution in [0, 0.1) is 6.92 Å². The highest BCUT2D eigenvalue weighted by Gasteiger charge is 2.18. The molecule has 3 heteroatoms. The van der Waals surface area contributed by atoms with Gasteiger partial charge in [0.2, 0.25) is 5.88 Å². The maximum Gasteiger partial charge on any atom is 0.239 e. The van der Waals surface area contributed by atoms with E-state index in [0.717, 1.165) is 28.9 Å². The third kappa shape index (κ3) is 2.42. The first-order valence-electron chi connectivity index (χ1n) is 7.14. The summed E-state index contributed by atoms with van der Waals surface area (Å²) in [4.78, 5) is 0. The van der Waals surface area contributed by atoms with E-state index in [-0.39, 0.29) is 5.88 Å². The quantitative estimate of drug-likeness (QED) is 0.782. The van der Waals surface area contributed by atoms with E-state index < -0.39 is 0 Å². The van der Waals surface area contributed by atoms with Gasteiger partial charge in [-0.3, -0.25) is 0 Å². The highest BCUT2D eigenvalue weighted by Crippen LogP contribution is 2.33. The number of aromatic nitrogens is 2. The van der Waals surface area contributed by atoms with Crippen LogP contribution < -0.4 is 0 Å². The third-order valence-corrected chi connectivity index (χ3v) is 3.64. The number of hydrogen-bond donors (Lipinski definition) is 1. The van der Waals surface area contributed by atoms with E-state index in [1.54, 1.807) is 0 Å². The summed E-state index contributed by atoms with van der Waals surface area (Å²) in [6.45, 7) is 4.13. The molecule has 0 aliphatic rings. The van der Waals surface area contributed by atoms with Gasteiger partial charge in [0.1, 0.15) is 0 Å². The van der Waals surface area contributed by atoms with Crippen LogP contribution in [0.5, 0.6) is 5.88 Å². The van der Waals surface area contributed by atoms with Crippen molar-refractivity contribution in [3.63, 3.8) is 0 Å². The van der Waals surface area contributed by atoms with Gasteiger partial charge in [0.15, 0.2) is 0 Å². The Balaban J connectivity index is 2.18. The van der Waals surface area contributed by atoms with Crippen molar-refractivity contribution >= 4 is 0 Å². The highest BCUT2D eigenvalue weighted by molar-refractivity contribution is 5.72. The molecule has 0 aliphatic heterocycles. The van der Waals surface area contributed by atoms with Crippen LogP contribution in [0.4, 0.5) is 0 Å². The van der Waals surface area contributed by atoms with Gasteiger partial charge in [-0.05, 0) is 31.0 Å². The molecule has 0 amide bonds. The van der Waals surface area contributed by atoms with Crippen LogP contribution in [0.3, 0.4) is 0 Å². The molecule has 0 saturated heterocycles. The lowest BCUT2D eigenvalue weighted by Crippen LogP contribution is -2.01. The van der Waals surface area contributed by atoms with E-state index >= 15 is 0 Å². The first-order chi connectivity index (χ1) is 10.2. The van der Waals surface area contributed by atoms with Gasteiger partial charge in [0, 0.05) is 0 Å². The van der Waals surface area contributed by atoms with Crippen molar-refractivity contribution in [2.24, 2.45) is 0 Å². The molecule has 3 aromatic rings. The summed E-state index contributed by atoms with van der Waals surface area (Å²) < 4.78 is 1.83. The molecular weight excluding hydrogens is 260 g/mol. The molecule has 0 unspecified atom stereocenters. The molecular formula is C18H18N2O. The first kappa shape index (κ1) is 13.4. The molecule has 0 radical (unpaired) electrons. The van der Waals surface area contributed by atoms with Gasteiger partial charge in [-0.1, -0.05) is 55.0 Å². The van der Waals surface area contributed by atoms with E-state index in [9.17, 15) is 5.11 Å². The van der Waals surface area contributed by atoms with Gasteiger partial charge in [0.05, 0.1) is 16.9 Å². The monoisotopic (exact) mass is 278 g/mol. The van der Waals surface area contributed by atoms with Gasteiger partial charge in [0.25, 0.3) is 0 Å². The van der Waals surface area contributed by atoms with E-state index in [2.05, 4.69) is 31.1 Å². The Morgan fingerprint density at radius 3 is 2.29 bits per heavy atom. The first-order valence-corrected chi connectivity index (χ1v) is 7.14. The van der Waals surface area contributed by atoms with Gasteiger partial charge in [-0.25, -0.2) is 4.68 Å². The highest BCUT2D eigenvalue weighted by atomic mass is 16.3. The van der Waals surface area contributed by atoms with Gasteiger partial charge < -0.3 is 5.11 Å². The molecule has 0 spiro atoms. The molecule has 2 aromatic carbocycles. The fourth-order valence-electron chi connectivity index (χ4n) is 2.57. The SMILES string of the molecule is CCc1c(-c2ccccc2)c(O)nn1-c1ccc(C)cc1. The summed E-state index contributed by atoms with van der Waals surface area (Å²) in [7, 11) is 0. The molecule has 106 valence electrons. The lowest BCUT2D eigenvalue weighted by Gasteiger charge is -2.08. The summed E-state index contributed by atoms with van der Waals surface area (Å²) in [5, 5.41) is 14.6. The van der Waals surface area contributed by atoms with Crippen LogP contribution in [-0.2, 0) is 6.42 Å². The van der Waals surface area contributed by atoms with Crippen LogP contribution in [0.25, 0.3) is 16.8 Å². The van der Waals surface area contributed by atoms with Crippen LogP contribution in [0.2, 0.25) is 0 Å². The zero-order valence-electron chi connectivity index (χ0n) is 12.2. The Morgan fingerprint density at radius 2 is 1.67 bits per heavy atom. The van der Waals surface area contributed by atoms with Crippen LogP contribution >= 0.6 is 0 Å². The van der Waals surface area contributed by atoms with E-state index in [4.69, 9.17) is 0 Å². The fraction of sp³-hybridized carbons (Fsp3) is 0.167. The fourth-order valence-corrected chi connectivity index (χ4v) is 2.57. The molecule has 0 fully saturated rings. The van der Waals surface area contributed by atoms with Crippen molar-refractivity contribution in [1.29, 1.82) is 0 Å². The molecule has 3 nitrogen and oxygen atoms in total. The van der Waals surface area contributed by atoms with Crippen molar-refractivity contribution in [2.45, 2.75) is 20.3 Å². The number of aromatic hydroxyl groups is 1. The summed E-state index contributed by atoms with van der Waals surface area (Å²) in [6, 6.07) is 18.0. The molecule has 3 rings (SSSR count). The Morgan fingerprint density at radius 1 is 1.00 bits per heavy atom. The van der Waals surface area contributed by atoms with Crippen LogP contribution in [-0.4, -0.2) is 14.9 Å². The molecule has 1 N–H and O–H groups in total. The topological polar surface area (TPSA) is 38.1 Å². The second-order valence-corrected chi connectivity index (χ2v) is 5.11. The van der Waals surface area contributed by atoms with Crippen LogP contribution in [0.1, 0.15) is 18.2 Å². The molecule has 0 saturated carbocycles. The number of nitrogens with zero attached hydrogens (tertiary/aromatic N) is 2. The predicted octanol–water partition coefficient (Wildman–Crippen LogP) is 4.12. The summed E-state index contributed by atoms with van der Waals surface area (Å²) in [5.41, 5.74) is 5.00. The van der Waals surface area contributed by atoms with Crippen molar-refractivity contribution in [3.05, 3.63) is 65.9 Å². The minimum Gasteiger partial charge on any atom is -0.492 e. The minimum absolute atomic E-state index is 0.0821. The standard InChI is InChI=1S/C18H18N2O/c1-3-16-17(14-7-5-4-6-8-14)18(21)19-20(16)15-11-9-13(2)10-12-15/h4-12H,3H2,1-2H3,(H,19,21). The van der Waals surface area contributed by atoms with Crippen molar-refractivity contribution in [2.75, 3.05) is 0 Å². The summed E-state index contributed by atoms with van der Waals surface area (Å²) in [6.07, 6.45) is 0.797. The van der Waals surface area contributed by atoms with E-state index in [1.807, 2.05) is 47.1 Å². The number of aryl methyl sites for hydroxylation is 1. The summed E-state index contributed by atoms with van der Waals surface area (Å²) >= 11 is 0. The van der Waals surface area contributed by atoms with Crippen molar-refractivity contribution in [3.8, 4) is 22.7 Å². The van der Waals surface area contributed by atoms with Gasteiger partial charge in [-0.15, -0.1) is 5.10 Å². The largest absolute Gasteiger partial charge is 0.492 e. The number of benzene rings is 2. The minimum atomic E-state index is 0.0821. The molecule has 0 bridgehead atoms. The smallest absolute Gasteiger partial charge is 0.239 e. The maximum absolute atomic E-state index is 10.3. The second-order valence-electron chi connectivity index (χ2n) is 5.11. The van der Waals surface area contributed by atoms with Crippen molar-refractivity contribution in [1.82, 2.24) is 9.78 Å². The molecule has 0 aliphatic carbocycles. The zero-order chi connectivity index (χ0) is 14.8. The third-order valence-electron chi connectivity index (χ3n) is 3.64. The average Bonchev–Trinajstić information content (AvgIpc) is 2.85. The van der Waals surface area contributed by atoms with Gasteiger partial charge >= 0.3 is 0 Å². The molecule has 1 aromatic heterocycles. The second kappa shape index (κ2) is 5.44. The van der Waals surface area contributed by atoms with Crippen LogP contribution in [0.15, 0.2) is 54.6 Å². The number of rotatable bonds is 3. The lowest BCUT2D eigenvalue weighted by molar-refractivity contribution is 0.449. The Labute approximate surface area is 124 Å². The Hall–Kier alpha value is -2.55. The normalized spacial score (nSPS) is 10.8. The van der Waals surface area contributed by atoms with Crippen molar-refractivity contribution < 1.29 is 5.11 Å².